The van der Waals surface area contributed by atoms with Crippen LogP contribution in [-0.4, -0.2) is 47.4 Å². The molecule has 0 bridgehead atoms. The first-order chi connectivity index (χ1) is 16.3. The molecule has 0 unspecified atom stereocenters. The Labute approximate surface area is 197 Å². The van der Waals surface area contributed by atoms with Crippen molar-refractivity contribution in [3.63, 3.8) is 0 Å². The van der Waals surface area contributed by atoms with Gasteiger partial charge in [0, 0.05) is 36.3 Å². The van der Waals surface area contributed by atoms with Gasteiger partial charge >= 0.3 is 0 Å². The van der Waals surface area contributed by atoms with Gasteiger partial charge in [0.1, 0.15) is 5.69 Å². The number of sulfonamides is 1. The zero-order valence-corrected chi connectivity index (χ0v) is 19.2. The highest BCUT2D eigenvalue weighted by molar-refractivity contribution is 7.92. The molecule has 0 saturated carbocycles. The van der Waals surface area contributed by atoms with E-state index in [1.807, 2.05) is 30.3 Å². The lowest BCUT2D eigenvalue weighted by Crippen LogP contribution is -2.40. The van der Waals surface area contributed by atoms with Gasteiger partial charge in [-0.15, -0.1) is 0 Å². The number of nitrogens with one attached hydrogen (secondary N) is 1. The van der Waals surface area contributed by atoms with Gasteiger partial charge < -0.3 is 11.1 Å². The Morgan fingerprint density at radius 2 is 1.76 bits per heavy atom. The molecule has 0 radical (unpaired) electrons. The second kappa shape index (κ2) is 10.0. The van der Waals surface area contributed by atoms with Crippen LogP contribution in [-0.2, 0) is 14.8 Å². The lowest BCUT2D eigenvalue weighted by atomic mass is 9.97. The first-order valence-corrected chi connectivity index (χ1v) is 12.3. The molecular weight excluding hydrogens is 454 g/mol. The average Bonchev–Trinajstić information content (AvgIpc) is 3.35. The van der Waals surface area contributed by atoms with Gasteiger partial charge in [0.25, 0.3) is 5.91 Å². The molecule has 10 heteroatoms. The molecule has 3 N–H and O–H groups in total. The molecule has 2 amide bonds. The molecule has 9 nitrogen and oxygen atoms in total. The summed E-state index contributed by atoms with van der Waals surface area (Å²) in [7, 11) is -3.55. The van der Waals surface area contributed by atoms with E-state index in [1.165, 1.54) is 20.5 Å². The van der Waals surface area contributed by atoms with Gasteiger partial charge in [0.05, 0.1) is 5.69 Å². The second-order valence-corrected chi connectivity index (χ2v) is 9.80. The number of anilines is 1. The topological polar surface area (TPSA) is 127 Å². The van der Waals surface area contributed by atoms with Gasteiger partial charge in [-0.3, -0.25) is 9.59 Å². The van der Waals surface area contributed by atoms with E-state index in [9.17, 15) is 18.0 Å². The minimum absolute atomic E-state index is 0.148. The molecule has 1 fully saturated rings. The third-order valence-electron chi connectivity index (χ3n) is 5.64. The fourth-order valence-electron chi connectivity index (χ4n) is 3.76. The number of aromatic nitrogens is 2. The standard InChI is InChI=1S/C24H25N5O4S/c25-23(30)22-11-15-29(27-22)21-8-4-7-20(17-21)26-24(31)19-9-13-28(14-10-19)34(32,33)16-12-18-5-2-1-3-6-18/h1-8,11-12,15-17,19H,9-10,13-14H2,(H2,25,30)(H,26,31). The molecular formula is C24H25N5O4S. The van der Waals surface area contributed by atoms with Crippen molar-refractivity contribution in [2.75, 3.05) is 18.4 Å². The zero-order valence-electron chi connectivity index (χ0n) is 18.4. The summed E-state index contributed by atoms with van der Waals surface area (Å²) in [5, 5.41) is 8.23. The summed E-state index contributed by atoms with van der Waals surface area (Å²) in [5.41, 5.74) is 7.45. The minimum Gasteiger partial charge on any atom is -0.364 e. The van der Waals surface area contributed by atoms with Crippen LogP contribution in [0.25, 0.3) is 11.8 Å². The predicted molar refractivity (Wildman–Crippen MR) is 129 cm³/mol. The van der Waals surface area contributed by atoms with E-state index in [0.29, 0.717) is 24.2 Å². The van der Waals surface area contributed by atoms with Crippen LogP contribution >= 0.6 is 0 Å². The maximum absolute atomic E-state index is 12.8. The number of primary amides is 1. The summed E-state index contributed by atoms with van der Waals surface area (Å²) in [4.78, 5) is 24.1. The van der Waals surface area contributed by atoms with Crippen LogP contribution < -0.4 is 11.1 Å². The summed E-state index contributed by atoms with van der Waals surface area (Å²) in [6.07, 6.45) is 4.06. The van der Waals surface area contributed by atoms with E-state index in [1.54, 1.807) is 36.5 Å². The number of amides is 2. The number of nitrogens with zero attached hydrogens (tertiary/aromatic N) is 3. The molecule has 4 rings (SSSR count). The van der Waals surface area contributed by atoms with E-state index in [0.717, 1.165) is 5.56 Å². The molecule has 1 aromatic heterocycles. The quantitative estimate of drug-likeness (QED) is 0.538. The highest BCUT2D eigenvalue weighted by atomic mass is 32.2. The number of hydrogen-bond acceptors (Lipinski definition) is 5. The van der Waals surface area contributed by atoms with Crippen molar-refractivity contribution >= 4 is 33.6 Å². The second-order valence-electron chi connectivity index (χ2n) is 7.98. The maximum Gasteiger partial charge on any atom is 0.269 e. The molecule has 1 aliphatic rings. The third kappa shape index (κ3) is 5.59. The predicted octanol–water partition coefficient (Wildman–Crippen LogP) is 2.62. The summed E-state index contributed by atoms with van der Waals surface area (Å²) in [6.45, 7) is 0.561. The van der Waals surface area contributed by atoms with Crippen molar-refractivity contribution in [1.29, 1.82) is 0 Å². The van der Waals surface area contributed by atoms with Crippen LogP contribution in [0.15, 0.2) is 72.3 Å². The number of carbonyl (C=O) groups is 2. The Hall–Kier alpha value is -3.76. The van der Waals surface area contributed by atoms with Crippen LogP contribution in [0.2, 0.25) is 0 Å². The molecule has 176 valence electrons. The van der Waals surface area contributed by atoms with Crippen molar-refractivity contribution in [3.8, 4) is 5.69 Å². The molecule has 1 aliphatic heterocycles. The van der Waals surface area contributed by atoms with Gasteiger partial charge in [-0.05, 0) is 48.7 Å². The van der Waals surface area contributed by atoms with E-state index in [4.69, 9.17) is 5.73 Å². The molecule has 2 aromatic carbocycles. The van der Waals surface area contributed by atoms with Gasteiger partial charge in [0.15, 0.2) is 0 Å². The summed E-state index contributed by atoms with van der Waals surface area (Å²) < 4.78 is 28.2. The number of hydrogen-bond donors (Lipinski definition) is 2. The summed E-state index contributed by atoms with van der Waals surface area (Å²) >= 11 is 0. The van der Waals surface area contributed by atoms with Crippen molar-refractivity contribution in [1.82, 2.24) is 14.1 Å². The van der Waals surface area contributed by atoms with Crippen molar-refractivity contribution < 1.29 is 18.0 Å². The summed E-state index contributed by atoms with van der Waals surface area (Å²) in [5.74, 6) is -1.07. The lowest BCUT2D eigenvalue weighted by Gasteiger charge is -2.29. The Morgan fingerprint density at radius 1 is 1.03 bits per heavy atom. The highest BCUT2D eigenvalue weighted by Gasteiger charge is 2.30. The first kappa shape index (κ1) is 23.4. The third-order valence-corrected chi connectivity index (χ3v) is 7.20. The molecule has 34 heavy (non-hydrogen) atoms. The van der Waals surface area contributed by atoms with E-state index >= 15 is 0 Å². The number of rotatable bonds is 7. The van der Waals surface area contributed by atoms with E-state index in [2.05, 4.69) is 10.4 Å². The molecule has 3 aromatic rings. The van der Waals surface area contributed by atoms with Crippen LogP contribution in [0.1, 0.15) is 28.9 Å². The van der Waals surface area contributed by atoms with E-state index < -0.39 is 15.9 Å². The Kier molecular flexibility index (Phi) is 6.90. The monoisotopic (exact) mass is 479 g/mol. The van der Waals surface area contributed by atoms with Gasteiger partial charge in [-0.2, -0.15) is 9.40 Å². The smallest absolute Gasteiger partial charge is 0.269 e. The number of benzene rings is 2. The van der Waals surface area contributed by atoms with Crippen LogP contribution in [0, 0.1) is 5.92 Å². The molecule has 0 spiro atoms. The number of nitrogens with two attached hydrogens (primary N) is 1. The fourth-order valence-corrected chi connectivity index (χ4v) is 4.98. The van der Waals surface area contributed by atoms with Gasteiger partial charge in [-0.25, -0.2) is 13.1 Å². The number of carbonyl (C=O) groups excluding carboxylic acids is 2. The van der Waals surface area contributed by atoms with Gasteiger partial charge in [-0.1, -0.05) is 36.4 Å². The first-order valence-electron chi connectivity index (χ1n) is 10.8. The minimum atomic E-state index is -3.55. The van der Waals surface area contributed by atoms with Crippen molar-refractivity contribution in [2.45, 2.75) is 12.8 Å². The van der Waals surface area contributed by atoms with Crippen molar-refractivity contribution in [2.24, 2.45) is 11.7 Å². The van der Waals surface area contributed by atoms with E-state index in [-0.39, 0.29) is 30.6 Å². The molecule has 1 saturated heterocycles. The Morgan fingerprint density at radius 3 is 2.44 bits per heavy atom. The van der Waals surface area contributed by atoms with Gasteiger partial charge in [0.2, 0.25) is 15.9 Å². The Bertz CT molecular complexity index is 1310. The van der Waals surface area contributed by atoms with Crippen LogP contribution in [0.4, 0.5) is 5.69 Å². The summed E-state index contributed by atoms with van der Waals surface area (Å²) in [6, 6.07) is 17.8. The Balaban J connectivity index is 1.35. The van der Waals surface area contributed by atoms with Crippen LogP contribution in [0.5, 0.6) is 0 Å². The molecule has 0 atom stereocenters. The largest absolute Gasteiger partial charge is 0.364 e. The normalized spacial score (nSPS) is 15.4. The number of piperidine rings is 1. The SMILES string of the molecule is NC(=O)c1ccn(-c2cccc(NC(=O)C3CCN(S(=O)(=O)C=Cc4ccccc4)CC3)c2)n1. The average molecular weight is 480 g/mol. The fraction of sp³-hybridized carbons (Fsp3) is 0.208. The molecule has 2 heterocycles. The lowest BCUT2D eigenvalue weighted by molar-refractivity contribution is -0.120. The van der Waals surface area contributed by atoms with Crippen LogP contribution in [0.3, 0.4) is 0 Å². The molecule has 0 aliphatic carbocycles. The zero-order chi connectivity index (χ0) is 24.1. The van der Waals surface area contributed by atoms with Crippen molar-refractivity contribution in [3.05, 3.63) is 83.5 Å². The maximum atomic E-state index is 12.8. The highest BCUT2D eigenvalue weighted by Crippen LogP contribution is 2.23.